The van der Waals surface area contributed by atoms with Crippen LogP contribution < -0.4 is 0 Å². The van der Waals surface area contributed by atoms with Crippen molar-refractivity contribution >= 4 is 0 Å². The lowest BCUT2D eigenvalue weighted by Crippen LogP contribution is -2.67. The van der Waals surface area contributed by atoms with Gasteiger partial charge in [0, 0.05) is 6.42 Å². The van der Waals surface area contributed by atoms with Crippen LogP contribution in [0.3, 0.4) is 0 Å². The third kappa shape index (κ3) is 6.11. The minimum Gasteiger partial charge on any atom is -0.394 e. The fourth-order valence-electron chi connectivity index (χ4n) is 3.69. The second-order valence-electron chi connectivity index (χ2n) is 8.48. The van der Waals surface area contributed by atoms with Crippen LogP contribution in [-0.2, 0) is 14.2 Å². The van der Waals surface area contributed by atoms with Crippen LogP contribution in [0, 0.1) is 0 Å². The molecule has 9 atom stereocenters. The van der Waals surface area contributed by atoms with E-state index in [1.165, 1.54) is 5.57 Å². The first kappa shape index (κ1) is 26.3. The number of hydrogen-bond donors (Lipinski definition) is 7. The third-order valence-corrected chi connectivity index (χ3v) is 5.68. The minimum absolute atomic E-state index is 0.0957. The van der Waals surface area contributed by atoms with Crippen molar-refractivity contribution in [3.8, 4) is 0 Å². The lowest BCUT2D eigenvalue weighted by molar-refractivity contribution is -0.398. The molecule has 2 unspecified atom stereocenters. The Balaban J connectivity index is 2.28. The van der Waals surface area contributed by atoms with Crippen LogP contribution >= 0.6 is 0 Å². The molecule has 2 rings (SSSR count). The number of allylic oxidation sites excluding steroid dienone is 3. The number of hydrogen-bond acceptors (Lipinski definition) is 10. The first-order chi connectivity index (χ1) is 14.6. The summed E-state index contributed by atoms with van der Waals surface area (Å²) in [6.07, 6.45) is -6.62. The molecule has 7 N–H and O–H groups in total. The first-order valence-corrected chi connectivity index (χ1v) is 10.5. The molecule has 31 heavy (non-hydrogen) atoms. The average molecular weight is 449 g/mol. The maximum Gasteiger partial charge on any atom is 0.204 e. The predicted octanol–water partition coefficient (Wildman–Crippen LogP) is -1.31. The molecule has 10 nitrogen and oxygen atoms in total. The van der Waals surface area contributed by atoms with E-state index in [2.05, 4.69) is 6.08 Å². The van der Waals surface area contributed by atoms with Gasteiger partial charge < -0.3 is 50.0 Å². The molecule has 2 aliphatic heterocycles. The number of rotatable bonds is 9. The van der Waals surface area contributed by atoms with E-state index < -0.39 is 68.0 Å². The molecule has 0 aromatic heterocycles. The van der Waals surface area contributed by atoms with Crippen molar-refractivity contribution in [3.05, 3.63) is 23.3 Å². The molecule has 0 radical (unpaired) electrons. The van der Waals surface area contributed by atoms with Crippen molar-refractivity contribution in [3.63, 3.8) is 0 Å². The SMILES string of the molecule is CC(C)=CCCC(C)=CCC1(OC2O[C@H](CO)[C@@H](O)[C@@H]2O)O[C@H](CO)[C@@H](O)[C@H](O)[C@H]1O. The Bertz CT molecular complexity index is 632. The zero-order valence-electron chi connectivity index (χ0n) is 18.2. The Morgan fingerprint density at radius 3 is 2.03 bits per heavy atom. The normalized spacial score (nSPS) is 41.4. The van der Waals surface area contributed by atoms with Crippen LogP contribution in [0.1, 0.15) is 40.0 Å². The second kappa shape index (κ2) is 11.3. The molecule has 0 saturated carbocycles. The van der Waals surface area contributed by atoms with Gasteiger partial charge in [0.1, 0.15) is 42.7 Å². The Hall–Kier alpha value is -0.920. The van der Waals surface area contributed by atoms with Crippen LogP contribution in [0.15, 0.2) is 23.3 Å². The molecule has 2 fully saturated rings. The van der Waals surface area contributed by atoms with Crippen LogP contribution in [0.5, 0.6) is 0 Å². The summed E-state index contributed by atoms with van der Waals surface area (Å²) in [5, 5.41) is 70.3. The summed E-state index contributed by atoms with van der Waals surface area (Å²) in [4.78, 5) is 0. The van der Waals surface area contributed by atoms with Crippen LogP contribution in [-0.4, -0.2) is 104 Å². The molecule has 0 amide bonds. The first-order valence-electron chi connectivity index (χ1n) is 10.5. The Labute approximate surface area is 182 Å². The summed E-state index contributed by atoms with van der Waals surface area (Å²) in [6.45, 7) is 4.64. The van der Waals surface area contributed by atoms with Gasteiger partial charge in [0.25, 0.3) is 0 Å². The van der Waals surface area contributed by atoms with Crippen molar-refractivity contribution in [2.75, 3.05) is 13.2 Å². The molecule has 2 heterocycles. The summed E-state index contributed by atoms with van der Waals surface area (Å²) in [5.74, 6) is -1.99. The van der Waals surface area contributed by atoms with Crippen LogP contribution in [0.2, 0.25) is 0 Å². The molecular weight excluding hydrogens is 412 g/mol. The molecular formula is C21H36O10. The van der Waals surface area contributed by atoms with Gasteiger partial charge in [0.05, 0.1) is 13.2 Å². The van der Waals surface area contributed by atoms with E-state index in [1.807, 2.05) is 20.8 Å². The van der Waals surface area contributed by atoms with Gasteiger partial charge in [-0.05, 0) is 33.6 Å². The summed E-state index contributed by atoms with van der Waals surface area (Å²) < 4.78 is 16.8. The van der Waals surface area contributed by atoms with Gasteiger partial charge in [0.2, 0.25) is 5.79 Å². The van der Waals surface area contributed by atoms with Gasteiger partial charge in [-0.15, -0.1) is 0 Å². The van der Waals surface area contributed by atoms with Gasteiger partial charge in [-0.3, -0.25) is 0 Å². The predicted molar refractivity (Wildman–Crippen MR) is 109 cm³/mol. The third-order valence-electron chi connectivity index (χ3n) is 5.68. The Morgan fingerprint density at radius 1 is 0.871 bits per heavy atom. The highest BCUT2D eigenvalue weighted by atomic mass is 16.8. The van der Waals surface area contributed by atoms with E-state index in [0.29, 0.717) is 0 Å². The quantitative estimate of drug-likeness (QED) is 0.210. The van der Waals surface area contributed by atoms with Gasteiger partial charge in [-0.2, -0.15) is 0 Å². The van der Waals surface area contributed by atoms with Gasteiger partial charge in [0.15, 0.2) is 6.29 Å². The largest absolute Gasteiger partial charge is 0.394 e. The van der Waals surface area contributed by atoms with Crippen LogP contribution in [0.25, 0.3) is 0 Å². The van der Waals surface area contributed by atoms with Crippen molar-refractivity contribution in [1.29, 1.82) is 0 Å². The molecule has 0 bridgehead atoms. The monoisotopic (exact) mass is 448 g/mol. The summed E-state index contributed by atoms with van der Waals surface area (Å²) in [7, 11) is 0. The Morgan fingerprint density at radius 2 is 1.48 bits per heavy atom. The molecule has 0 aliphatic carbocycles. The fourth-order valence-corrected chi connectivity index (χ4v) is 3.69. The van der Waals surface area contributed by atoms with Crippen molar-refractivity contribution in [2.45, 2.75) is 94.8 Å². The highest BCUT2D eigenvalue weighted by molar-refractivity contribution is 5.07. The topological polar surface area (TPSA) is 169 Å². The maximum atomic E-state index is 10.7. The number of aliphatic hydroxyl groups excluding tert-OH is 7. The molecule has 10 heteroatoms. The fraction of sp³-hybridized carbons (Fsp3) is 0.810. The van der Waals surface area contributed by atoms with E-state index in [0.717, 1.165) is 18.4 Å². The summed E-state index contributed by atoms with van der Waals surface area (Å²) in [5.41, 5.74) is 2.13. The maximum absolute atomic E-state index is 10.7. The lowest BCUT2D eigenvalue weighted by atomic mass is 9.89. The van der Waals surface area contributed by atoms with Gasteiger partial charge in [-0.1, -0.05) is 23.3 Å². The van der Waals surface area contributed by atoms with Crippen molar-refractivity contribution < 1.29 is 50.0 Å². The number of ether oxygens (including phenoxy) is 3. The minimum atomic E-state index is -1.99. The van der Waals surface area contributed by atoms with E-state index in [9.17, 15) is 35.7 Å². The average Bonchev–Trinajstić information content (AvgIpc) is 3.00. The van der Waals surface area contributed by atoms with Gasteiger partial charge >= 0.3 is 0 Å². The highest BCUT2D eigenvalue weighted by Gasteiger charge is 2.57. The molecule has 180 valence electrons. The molecule has 0 aromatic carbocycles. The zero-order valence-corrected chi connectivity index (χ0v) is 18.2. The van der Waals surface area contributed by atoms with Gasteiger partial charge in [-0.25, -0.2) is 0 Å². The Kier molecular flexibility index (Phi) is 9.58. The summed E-state index contributed by atoms with van der Waals surface area (Å²) >= 11 is 0. The second-order valence-corrected chi connectivity index (χ2v) is 8.48. The van der Waals surface area contributed by atoms with E-state index in [1.54, 1.807) is 6.08 Å². The van der Waals surface area contributed by atoms with E-state index in [-0.39, 0.29) is 6.42 Å². The van der Waals surface area contributed by atoms with E-state index in [4.69, 9.17) is 14.2 Å². The highest BCUT2D eigenvalue weighted by Crippen LogP contribution is 2.38. The molecule has 0 aromatic rings. The smallest absolute Gasteiger partial charge is 0.204 e. The molecule has 0 spiro atoms. The van der Waals surface area contributed by atoms with E-state index >= 15 is 0 Å². The number of aliphatic hydroxyl groups is 7. The van der Waals surface area contributed by atoms with Crippen molar-refractivity contribution in [2.24, 2.45) is 0 Å². The standard InChI is InChI=1S/C21H36O10/c1-11(2)5-4-6-12(3)7-8-21(19(28)17(26)16(25)14(10-23)30-21)31-20-18(27)15(24)13(9-22)29-20/h5,7,13-20,22-28H,4,6,8-10H2,1-3H3/t13-,14-,15-,16-,17+,18+,19-,20?,21?/m1/s1. The van der Waals surface area contributed by atoms with Crippen LogP contribution in [0.4, 0.5) is 0 Å². The van der Waals surface area contributed by atoms with Crippen molar-refractivity contribution in [1.82, 2.24) is 0 Å². The zero-order chi connectivity index (χ0) is 23.3. The molecule has 2 aliphatic rings. The summed E-state index contributed by atoms with van der Waals surface area (Å²) in [6, 6.07) is 0. The lowest BCUT2D eigenvalue weighted by Gasteiger charge is -2.48. The molecule has 2 saturated heterocycles.